The fraction of sp³-hybridized carbons (Fsp3) is 0.333. The molecule has 1 heterocycles. The summed E-state index contributed by atoms with van der Waals surface area (Å²) in [5, 5.41) is 11.1. The molecule has 1 fully saturated rings. The molecule has 1 atom stereocenters. The summed E-state index contributed by atoms with van der Waals surface area (Å²) in [6, 6.07) is 13.5. The zero-order chi connectivity index (χ0) is 21.8. The van der Waals surface area contributed by atoms with Crippen LogP contribution in [0, 0.1) is 0 Å². The Kier molecular flexibility index (Phi) is 6.45. The summed E-state index contributed by atoms with van der Waals surface area (Å²) in [4.78, 5) is 27.2. The summed E-state index contributed by atoms with van der Waals surface area (Å²) < 4.78 is 11.0. The van der Waals surface area contributed by atoms with Crippen molar-refractivity contribution in [1.82, 2.24) is 4.90 Å². The standard InChI is InChI=1S/C24H27NO5/c1-5-14-25-21(16-10-12-17(13-11-16)30-15(2)3)20(23(27)24(25)28)22(26)18-8-6-7-9-19(18)29-4/h6-13,15,21,26H,5,14H2,1-4H3/b22-20-. The molecule has 158 valence electrons. The molecule has 1 N–H and O–H groups in total. The second kappa shape index (κ2) is 9.03. The van der Waals surface area contributed by atoms with Gasteiger partial charge in [0.15, 0.2) is 0 Å². The highest BCUT2D eigenvalue weighted by Crippen LogP contribution is 2.41. The Morgan fingerprint density at radius 1 is 1.10 bits per heavy atom. The predicted molar refractivity (Wildman–Crippen MR) is 115 cm³/mol. The van der Waals surface area contributed by atoms with Crippen LogP contribution in [0.25, 0.3) is 5.76 Å². The zero-order valence-electron chi connectivity index (χ0n) is 17.7. The van der Waals surface area contributed by atoms with Gasteiger partial charge in [0.25, 0.3) is 11.7 Å². The van der Waals surface area contributed by atoms with Gasteiger partial charge >= 0.3 is 0 Å². The normalized spacial score (nSPS) is 18.2. The van der Waals surface area contributed by atoms with Crippen LogP contribution in [0.2, 0.25) is 0 Å². The summed E-state index contributed by atoms with van der Waals surface area (Å²) in [6.07, 6.45) is 0.722. The maximum Gasteiger partial charge on any atom is 0.295 e. The average Bonchev–Trinajstić information content (AvgIpc) is 2.98. The molecule has 2 aromatic rings. The van der Waals surface area contributed by atoms with Crippen molar-refractivity contribution in [3.63, 3.8) is 0 Å². The molecule has 0 spiro atoms. The number of likely N-dealkylation sites (tertiary alicyclic amines) is 1. The first-order valence-electron chi connectivity index (χ1n) is 10.1. The van der Waals surface area contributed by atoms with Crippen LogP contribution < -0.4 is 9.47 Å². The molecule has 0 bridgehead atoms. The number of Topliss-reactive ketones (excluding diaryl/α,β-unsaturated/α-hetero) is 1. The minimum Gasteiger partial charge on any atom is -0.507 e. The van der Waals surface area contributed by atoms with Crippen molar-refractivity contribution in [3.05, 3.63) is 65.2 Å². The lowest BCUT2D eigenvalue weighted by atomic mass is 9.95. The number of aliphatic hydroxyl groups excluding tert-OH is 1. The van der Waals surface area contributed by atoms with Crippen molar-refractivity contribution >= 4 is 17.4 Å². The van der Waals surface area contributed by atoms with E-state index in [1.54, 1.807) is 24.3 Å². The van der Waals surface area contributed by atoms with Crippen LogP contribution in [0.15, 0.2) is 54.1 Å². The molecular weight excluding hydrogens is 382 g/mol. The Morgan fingerprint density at radius 2 is 1.77 bits per heavy atom. The lowest BCUT2D eigenvalue weighted by Gasteiger charge is -2.25. The van der Waals surface area contributed by atoms with Gasteiger partial charge in [0, 0.05) is 6.54 Å². The van der Waals surface area contributed by atoms with E-state index in [2.05, 4.69) is 0 Å². The highest BCUT2D eigenvalue weighted by atomic mass is 16.5. The average molecular weight is 409 g/mol. The number of benzene rings is 2. The second-order valence-electron chi connectivity index (χ2n) is 7.43. The molecule has 6 heteroatoms. The van der Waals surface area contributed by atoms with E-state index in [4.69, 9.17) is 9.47 Å². The molecule has 1 aliphatic heterocycles. The van der Waals surface area contributed by atoms with Crippen molar-refractivity contribution < 1.29 is 24.2 Å². The molecule has 1 amide bonds. The van der Waals surface area contributed by atoms with Crippen molar-refractivity contribution in [3.8, 4) is 11.5 Å². The lowest BCUT2D eigenvalue weighted by molar-refractivity contribution is -0.139. The first-order chi connectivity index (χ1) is 14.4. The summed E-state index contributed by atoms with van der Waals surface area (Å²) in [7, 11) is 1.49. The van der Waals surface area contributed by atoms with Crippen molar-refractivity contribution in [2.24, 2.45) is 0 Å². The number of nitrogens with zero attached hydrogens (tertiary/aromatic N) is 1. The predicted octanol–water partition coefficient (Wildman–Crippen LogP) is 4.31. The third kappa shape index (κ3) is 4.03. The number of ether oxygens (including phenoxy) is 2. The van der Waals surface area contributed by atoms with Gasteiger partial charge in [-0.15, -0.1) is 0 Å². The van der Waals surface area contributed by atoms with Gasteiger partial charge in [0.05, 0.1) is 30.4 Å². The van der Waals surface area contributed by atoms with E-state index in [0.717, 1.165) is 5.56 Å². The first kappa shape index (κ1) is 21.4. The molecule has 0 aliphatic carbocycles. The number of ketones is 1. The highest BCUT2D eigenvalue weighted by molar-refractivity contribution is 6.46. The van der Waals surface area contributed by atoms with Gasteiger partial charge in [-0.05, 0) is 50.1 Å². The summed E-state index contributed by atoms with van der Waals surface area (Å²) in [5.74, 6) is -0.417. The topological polar surface area (TPSA) is 76.1 Å². The van der Waals surface area contributed by atoms with Crippen LogP contribution >= 0.6 is 0 Å². The molecule has 1 saturated heterocycles. The molecular formula is C24H27NO5. The Morgan fingerprint density at radius 3 is 2.37 bits per heavy atom. The smallest absolute Gasteiger partial charge is 0.295 e. The van der Waals surface area contributed by atoms with Crippen LogP contribution in [-0.4, -0.2) is 41.5 Å². The molecule has 0 aromatic heterocycles. The minimum atomic E-state index is -0.695. The number of hydrogen-bond acceptors (Lipinski definition) is 5. The van der Waals surface area contributed by atoms with E-state index in [1.807, 2.05) is 45.0 Å². The number of amides is 1. The van der Waals surface area contributed by atoms with Gasteiger partial charge in [-0.1, -0.05) is 31.2 Å². The number of para-hydroxylation sites is 1. The molecule has 1 aliphatic rings. The summed E-state index contributed by atoms with van der Waals surface area (Å²) >= 11 is 0. The molecule has 0 saturated carbocycles. The van der Waals surface area contributed by atoms with Crippen molar-refractivity contribution in [2.45, 2.75) is 39.3 Å². The first-order valence-corrected chi connectivity index (χ1v) is 10.1. The molecule has 30 heavy (non-hydrogen) atoms. The van der Waals surface area contributed by atoms with E-state index >= 15 is 0 Å². The zero-order valence-corrected chi connectivity index (χ0v) is 17.7. The third-order valence-corrected chi connectivity index (χ3v) is 4.93. The lowest BCUT2D eigenvalue weighted by Crippen LogP contribution is -2.30. The number of carbonyl (C=O) groups is 2. The molecule has 3 rings (SSSR count). The summed E-state index contributed by atoms with van der Waals surface area (Å²) in [6.45, 7) is 6.23. The van der Waals surface area contributed by atoms with E-state index in [0.29, 0.717) is 30.0 Å². The molecule has 0 radical (unpaired) electrons. The second-order valence-corrected chi connectivity index (χ2v) is 7.43. The Hall–Kier alpha value is -3.28. The Labute approximate surface area is 176 Å². The van der Waals surface area contributed by atoms with E-state index in [1.165, 1.54) is 12.0 Å². The number of methoxy groups -OCH3 is 1. The fourth-order valence-corrected chi connectivity index (χ4v) is 3.68. The number of rotatable bonds is 7. The molecule has 2 aromatic carbocycles. The van der Waals surface area contributed by atoms with Crippen LogP contribution in [0.3, 0.4) is 0 Å². The number of hydrogen-bond donors (Lipinski definition) is 1. The van der Waals surface area contributed by atoms with Gasteiger partial charge in [-0.3, -0.25) is 9.59 Å². The quantitative estimate of drug-likeness (QED) is 0.419. The summed E-state index contributed by atoms with van der Waals surface area (Å²) in [5.41, 5.74) is 1.17. The maximum absolute atomic E-state index is 12.9. The third-order valence-electron chi connectivity index (χ3n) is 4.93. The maximum atomic E-state index is 12.9. The van der Waals surface area contributed by atoms with Crippen LogP contribution in [0.1, 0.15) is 44.4 Å². The van der Waals surface area contributed by atoms with Gasteiger partial charge in [0.1, 0.15) is 17.3 Å². The molecule has 1 unspecified atom stereocenters. The Bertz CT molecular complexity index is 962. The van der Waals surface area contributed by atoms with E-state index in [-0.39, 0.29) is 17.4 Å². The van der Waals surface area contributed by atoms with Gasteiger partial charge in [-0.25, -0.2) is 0 Å². The molecule has 6 nitrogen and oxygen atoms in total. The van der Waals surface area contributed by atoms with Crippen molar-refractivity contribution in [2.75, 3.05) is 13.7 Å². The van der Waals surface area contributed by atoms with E-state index in [9.17, 15) is 14.7 Å². The monoisotopic (exact) mass is 409 g/mol. The van der Waals surface area contributed by atoms with Gasteiger partial charge < -0.3 is 19.5 Å². The van der Waals surface area contributed by atoms with Crippen molar-refractivity contribution in [1.29, 1.82) is 0 Å². The Balaban J connectivity index is 2.14. The van der Waals surface area contributed by atoms with Crippen LogP contribution in [0.4, 0.5) is 0 Å². The van der Waals surface area contributed by atoms with Gasteiger partial charge in [-0.2, -0.15) is 0 Å². The van der Waals surface area contributed by atoms with Crippen LogP contribution in [-0.2, 0) is 9.59 Å². The van der Waals surface area contributed by atoms with Crippen LogP contribution in [0.5, 0.6) is 11.5 Å². The van der Waals surface area contributed by atoms with Gasteiger partial charge in [0.2, 0.25) is 0 Å². The number of aliphatic hydroxyl groups is 1. The largest absolute Gasteiger partial charge is 0.507 e. The number of carbonyl (C=O) groups excluding carboxylic acids is 2. The minimum absolute atomic E-state index is 0.0344. The SMILES string of the molecule is CCCN1C(=O)C(=O)/C(=C(\O)c2ccccc2OC)C1c1ccc(OC(C)C)cc1. The fourth-order valence-electron chi connectivity index (χ4n) is 3.68. The van der Waals surface area contributed by atoms with E-state index < -0.39 is 17.7 Å². The highest BCUT2D eigenvalue weighted by Gasteiger charge is 2.45.